The predicted octanol–water partition coefficient (Wildman–Crippen LogP) is 3.74. The molecule has 6 nitrogen and oxygen atoms in total. The predicted molar refractivity (Wildman–Crippen MR) is 119 cm³/mol. The minimum Gasteiger partial charge on any atom is -0.491 e. The normalized spacial score (nSPS) is 24.3. The lowest BCUT2D eigenvalue weighted by molar-refractivity contribution is -0.175. The van der Waals surface area contributed by atoms with Gasteiger partial charge in [-0.1, -0.05) is 19.8 Å². The number of rotatable bonds is 10. The van der Waals surface area contributed by atoms with Crippen LogP contribution in [0.2, 0.25) is 0 Å². The summed E-state index contributed by atoms with van der Waals surface area (Å²) < 4.78 is 18.7. The molecule has 164 valence electrons. The van der Waals surface area contributed by atoms with Crippen molar-refractivity contribution in [3.05, 3.63) is 48.3 Å². The molecule has 0 saturated carbocycles. The molecule has 0 aliphatic carbocycles. The highest BCUT2D eigenvalue weighted by molar-refractivity contribution is 5.49. The van der Waals surface area contributed by atoms with Crippen molar-refractivity contribution in [2.45, 2.75) is 50.9 Å². The van der Waals surface area contributed by atoms with Gasteiger partial charge in [-0.05, 0) is 42.8 Å². The summed E-state index contributed by atoms with van der Waals surface area (Å²) in [5.74, 6) is 0.338. The van der Waals surface area contributed by atoms with Crippen molar-refractivity contribution in [2.24, 2.45) is 0 Å². The molecule has 6 heteroatoms. The molecule has 0 radical (unpaired) electrons. The van der Waals surface area contributed by atoms with Crippen LogP contribution in [-0.4, -0.2) is 56.3 Å². The standard InChI is InChI=1S/C24H35N3O3/c1-2-3-4-11-24(17-20-6-5-12-26-20)29-19-23(30-24)18-28-22-9-7-21(8-10-22)27-15-13-25-14-16-27/h5-10,12,23,25-26H,2-4,11,13-19H2,1H3. The van der Waals surface area contributed by atoms with E-state index in [0.29, 0.717) is 13.2 Å². The van der Waals surface area contributed by atoms with Gasteiger partial charge in [0.1, 0.15) is 18.5 Å². The topological polar surface area (TPSA) is 58.8 Å². The SMILES string of the molecule is CCCCCC1(Cc2ccc[nH]2)OCC(COc2ccc(N3CCNCC3)cc2)O1. The summed E-state index contributed by atoms with van der Waals surface area (Å²) >= 11 is 0. The zero-order valence-electron chi connectivity index (χ0n) is 18.1. The van der Waals surface area contributed by atoms with Crippen LogP contribution in [0.1, 0.15) is 38.3 Å². The molecular formula is C24H35N3O3. The van der Waals surface area contributed by atoms with Gasteiger partial charge >= 0.3 is 0 Å². The Morgan fingerprint density at radius 1 is 1.13 bits per heavy atom. The second-order valence-corrected chi connectivity index (χ2v) is 8.33. The van der Waals surface area contributed by atoms with E-state index in [1.54, 1.807) is 0 Å². The van der Waals surface area contributed by atoms with E-state index in [-0.39, 0.29) is 6.10 Å². The fourth-order valence-electron chi connectivity index (χ4n) is 4.29. The maximum atomic E-state index is 6.43. The van der Waals surface area contributed by atoms with Gasteiger partial charge in [0.25, 0.3) is 0 Å². The van der Waals surface area contributed by atoms with E-state index < -0.39 is 5.79 Å². The maximum Gasteiger partial charge on any atom is 0.174 e. The minimum atomic E-state index is -0.541. The zero-order chi connectivity index (χ0) is 20.7. The average molecular weight is 414 g/mol. The number of anilines is 1. The Bertz CT molecular complexity index is 744. The van der Waals surface area contributed by atoms with Crippen molar-refractivity contribution in [3.8, 4) is 5.75 Å². The van der Waals surface area contributed by atoms with Gasteiger partial charge in [-0.15, -0.1) is 0 Å². The third-order valence-corrected chi connectivity index (χ3v) is 5.95. The third kappa shape index (κ3) is 5.56. The van der Waals surface area contributed by atoms with E-state index in [0.717, 1.165) is 56.9 Å². The zero-order valence-corrected chi connectivity index (χ0v) is 18.1. The van der Waals surface area contributed by atoms with Gasteiger partial charge in [0.05, 0.1) is 6.61 Å². The molecule has 2 fully saturated rings. The van der Waals surface area contributed by atoms with E-state index >= 15 is 0 Å². The average Bonchev–Trinajstić information content (AvgIpc) is 3.44. The molecule has 2 unspecified atom stereocenters. The number of hydrogen-bond acceptors (Lipinski definition) is 5. The summed E-state index contributed by atoms with van der Waals surface area (Å²) in [7, 11) is 0. The van der Waals surface area contributed by atoms with Crippen LogP contribution < -0.4 is 15.0 Å². The quantitative estimate of drug-likeness (QED) is 0.581. The Labute approximate surface area is 179 Å². The van der Waals surface area contributed by atoms with Gasteiger partial charge in [-0.25, -0.2) is 0 Å². The molecule has 2 atom stereocenters. The maximum absolute atomic E-state index is 6.43. The first kappa shape index (κ1) is 21.2. The Morgan fingerprint density at radius 3 is 2.70 bits per heavy atom. The second kappa shape index (κ2) is 10.3. The molecule has 30 heavy (non-hydrogen) atoms. The lowest BCUT2D eigenvalue weighted by atomic mass is 10.0. The molecule has 2 aromatic rings. The van der Waals surface area contributed by atoms with Crippen LogP contribution in [0, 0.1) is 0 Å². The number of aromatic amines is 1. The number of aromatic nitrogens is 1. The molecule has 3 heterocycles. The van der Waals surface area contributed by atoms with E-state index in [1.807, 2.05) is 12.3 Å². The number of piperazine rings is 1. The van der Waals surface area contributed by atoms with Crippen molar-refractivity contribution >= 4 is 5.69 Å². The Morgan fingerprint density at radius 2 is 1.97 bits per heavy atom. The Balaban J connectivity index is 1.30. The number of unbranched alkanes of at least 4 members (excludes halogenated alkanes) is 2. The summed E-state index contributed by atoms with van der Waals surface area (Å²) in [5, 5.41) is 3.39. The van der Waals surface area contributed by atoms with Crippen LogP contribution in [0.25, 0.3) is 0 Å². The second-order valence-electron chi connectivity index (χ2n) is 8.33. The lowest BCUT2D eigenvalue weighted by Crippen LogP contribution is -2.43. The minimum absolute atomic E-state index is 0.0468. The summed E-state index contributed by atoms with van der Waals surface area (Å²) in [6.07, 6.45) is 7.06. The van der Waals surface area contributed by atoms with Crippen molar-refractivity contribution in [2.75, 3.05) is 44.3 Å². The highest BCUT2D eigenvalue weighted by atomic mass is 16.7. The first-order valence-electron chi connectivity index (χ1n) is 11.4. The van der Waals surface area contributed by atoms with E-state index in [4.69, 9.17) is 14.2 Å². The van der Waals surface area contributed by atoms with Gasteiger partial charge in [0, 0.05) is 56.6 Å². The van der Waals surface area contributed by atoms with Crippen LogP contribution in [0.4, 0.5) is 5.69 Å². The summed E-state index contributed by atoms with van der Waals surface area (Å²) in [6, 6.07) is 12.5. The van der Waals surface area contributed by atoms with Gasteiger partial charge in [0.2, 0.25) is 0 Å². The van der Waals surface area contributed by atoms with E-state index in [9.17, 15) is 0 Å². The van der Waals surface area contributed by atoms with Crippen LogP contribution >= 0.6 is 0 Å². The number of nitrogens with one attached hydrogen (secondary N) is 2. The number of hydrogen-bond donors (Lipinski definition) is 2. The highest BCUT2D eigenvalue weighted by Gasteiger charge is 2.41. The summed E-state index contributed by atoms with van der Waals surface area (Å²) in [5.41, 5.74) is 2.40. The van der Waals surface area contributed by atoms with Crippen LogP contribution in [0.15, 0.2) is 42.6 Å². The van der Waals surface area contributed by atoms with Crippen LogP contribution in [0.5, 0.6) is 5.75 Å². The molecule has 2 saturated heterocycles. The lowest BCUT2D eigenvalue weighted by Gasteiger charge is -2.29. The fraction of sp³-hybridized carbons (Fsp3) is 0.583. The van der Waals surface area contributed by atoms with Crippen molar-refractivity contribution < 1.29 is 14.2 Å². The molecule has 2 aliphatic rings. The molecule has 0 spiro atoms. The Hall–Kier alpha value is -2.02. The number of benzene rings is 1. The molecule has 0 amide bonds. The van der Waals surface area contributed by atoms with E-state index in [2.05, 4.69) is 52.5 Å². The third-order valence-electron chi connectivity index (χ3n) is 5.95. The van der Waals surface area contributed by atoms with Gasteiger partial charge in [-0.3, -0.25) is 0 Å². The number of nitrogens with zero attached hydrogens (tertiary/aromatic N) is 1. The van der Waals surface area contributed by atoms with Crippen molar-refractivity contribution in [1.82, 2.24) is 10.3 Å². The van der Waals surface area contributed by atoms with Gasteiger partial charge in [0.15, 0.2) is 5.79 Å². The van der Waals surface area contributed by atoms with Gasteiger partial charge in [-0.2, -0.15) is 0 Å². The fourth-order valence-corrected chi connectivity index (χ4v) is 4.29. The monoisotopic (exact) mass is 413 g/mol. The van der Waals surface area contributed by atoms with Gasteiger partial charge < -0.3 is 29.4 Å². The molecular weight excluding hydrogens is 378 g/mol. The highest BCUT2D eigenvalue weighted by Crippen LogP contribution is 2.33. The van der Waals surface area contributed by atoms with Crippen LogP contribution in [-0.2, 0) is 15.9 Å². The molecule has 4 rings (SSSR count). The van der Waals surface area contributed by atoms with Crippen molar-refractivity contribution in [1.29, 1.82) is 0 Å². The molecule has 2 N–H and O–H groups in total. The molecule has 0 bridgehead atoms. The largest absolute Gasteiger partial charge is 0.491 e. The molecule has 1 aromatic heterocycles. The van der Waals surface area contributed by atoms with Crippen LogP contribution in [0.3, 0.4) is 0 Å². The van der Waals surface area contributed by atoms with Crippen molar-refractivity contribution in [3.63, 3.8) is 0 Å². The molecule has 1 aromatic carbocycles. The summed E-state index contributed by atoms with van der Waals surface area (Å²) in [4.78, 5) is 5.69. The number of ether oxygens (including phenoxy) is 3. The first-order chi connectivity index (χ1) is 14.8. The number of H-pyrrole nitrogens is 1. The molecule has 2 aliphatic heterocycles. The first-order valence-corrected chi connectivity index (χ1v) is 11.4. The smallest absolute Gasteiger partial charge is 0.174 e. The summed E-state index contributed by atoms with van der Waals surface area (Å²) in [6.45, 7) is 7.49. The Kier molecular flexibility index (Phi) is 7.31. The van der Waals surface area contributed by atoms with E-state index in [1.165, 1.54) is 18.5 Å².